The van der Waals surface area contributed by atoms with Crippen molar-refractivity contribution in [3.05, 3.63) is 94.1 Å². The topological polar surface area (TPSA) is 25.8 Å². The van der Waals surface area contributed by atoms with Crippen LogP contribution < -0.4 is 0 Å². The summed E-state index contributed by atoms with van der Waals surface area (Å²) >= 11 is 12.5. The van der Waals surface area contributed by atoms with Crippen molar-refractivity contribution in [2.75, 3.05) is 0 Å². The number of nitrogens with zero attached hydrogens (tertiary/aromatic N) is 2. The van der Waals surface area contributed by atoms with E-state index in [2.05, 4.69) is 0 Å². The van der Waals surface area contributed by atoms with Gasteiger partial charge in [0.15, 0.2) is 5.82 Å². The first-order valence-corrected chi connectivity index (χ1v) is 8.92. The third-order valence-corrected chi connectivity index (χ3v) is 4.73. The fraction of sp³-hybridized carbons (Fsp3) is 0. The van der Waals surface area contributed by atoms with Crippen LogP contribution in [0.25, 0.3) is 34.4 Å². The van der Waals surface area contributed by atoms with Crippen LogP contribution in [0.5, 0.6) is 0 Å². The van der Waals surface area contributed by atoms with E-state index in [-0.39, 0.29) is 0 Å². The monoisotopic (exact) mass is 376 g/mol. The highest BCUT2D eigenvalue weighted by Gasteiger charge is 2.08. The van der Waals surface area contributed by atoms with Crippen molar-refractivity contribution in [3.63, 3.8) is 0 Å². The molecule has 26 heavy (non-hydrogen) atoms. The third-order valence-electron chi connectivity index (χ3n) is 4.07. The van der Waals surface area contributed by atoms with Gasteiger partial charge in [-0.1, -0.05) is 77.8 Å². The highest BCUT2D eigenvalue weighted by molar-refractivity contribution is 6.37. The molecule has 0 aliphatic rings. The Morgan fingerprint density at radius 2 is 1.35 bits per heavy atom. The number of benzene rings is 3. The van der Waals surface area contributed by atoms with Crippen molar-refractivity contribution in [1.82, 2.24) is 9.97 Å². The molecular weight excluding hydrogens is 363 g/mol. The summed E-state index contributed by atoms with van der Waals surface area (Å²) in [5, 5.41) is 2.19. The van der Waals surface area contributed by atoms with Crippen LogP contribution in [0.3, 0.4) is 0 Å². The fourth-order valence-electron chi connectivity index (χ4n) is 2.78. The predicted octanol–water partition coefficient (Wildman–Crippen LogP) is 6.77. The van der Waals surface area contributed by atoms with Crippen LogP contribution in [0.15, 0.2) is 72.8 Å². The zero-order valence-electron chi connectivity index (χ0n) is 13.7. The van der Waals surface area contributed by atoms with Crippen molar-refractivity contribution in [2.24, 2.45) is 0 Å². The molecule has 0 aliphatic heterocycles. The lowest BCUT2D eigenvalue weighted by molar-refractivity contribution is 1.21. The van der Waals surface area contributed by atoms with E-state index >= 15 is 0 Å². The molecule has 2 nitrogen and oxygen atoms in total. The van der Waals surface area contributed by atoms with Crippen LogP contribution in [0.1, 0.15) is 11.3 Å². The molecule has 0 fully saturated rings. The lowest BCUT2D eigenvalue weighted by Crippen LogP contribution is -1.94. The Kier molecular flexibility index (Phi) is 4.70. The minimum Gasteiger partial charge on any atom is -0.228 e. The standard InChI is InChI=1S/C22H14Cl2N2/c23-18-10-6-11-19(24)16(18)13-14-21-17-9-4-5-12-20(17)25-22(26-21)15-7-2-1-3-8-15/h1-14H/b14-13+. The van der Waals surface area contributed by atoms with Crippen LogP contribution in [0.4, 0.5) is 0 Å². The predicted molar refractivity (Wildman–Crippen MR) is 110 cm³/mol. The SMILES string of the molecule is Clc1cccc(Cl)c1/C=C/c1nc(-c2ccccc2)nc2ccccc12. The van der Waals surface area contributed by atoms with Crippen LogP contribution >= 0.6 is 23.2 Å². The van der Waals surface area contributed by atoms with Crippen molar-refractivity contribution >= 4 is 46.3 Å². The molecule has 4 aromatic rings. The molecule has 0 radical (unpaired) electrons. The van der Waals surface area contributed by atoms with E-state index in [1.807, 2.05) is 84.9 Å². The Balaban J connectivity index is 1.87. The summed E-state index contributed by atoms with van der Waals surface area (Å²) in [6, 6.07) is 23.4. The minimum atomic E-state index is 0.607. The van der Waals surface area contributed by atoms with Crippen molar-refractivity contribution in [1.29, 1.82) is 0 Å². The Labute approximate surface area is 161 Å². The summed E-state index contributed by atoms with van der Waals surface area (Å²) in [5.74, 6) is 0.689. The molecule has 1 heterocycles. The van der Waals surface area contributed by atoms with Gasteiger partial charge in [-0.25, -0.2) is 9.97 Å². The summed E-state index contributed by atoms with van der Waals surface area (Å²) in [4.78, 5) is 9.46. The number of fused-ring (bicyclic) bond motifs is 1. The van der Waals surface area contributed by atoms with E-state index in [1.54, 1.807) is 0 Å². The van der Waals surface area contributed by atoms with Gasteiger partial charge in [0.2, 0.25) is 0 Å². The first kappa shape index (κ1) is 16.8. The number of halogens is 2. The average molecular weight is 377 g/mol. The Morgan fingerprint density at radius 3 is 2.12 bits per heavy atom. The van der Waals surface area contributed by atoms with Crippen molar-refractivity contribution < 1.29 is 0 Å². The molecule has 0 spiro atoms. The molecule has 0 aliphatic carbocycles. The molecule has 0 bridgehead atoms. The first-order valence-electron chi connectivity index (χ1n) is 8.17. The summed E-state index contributed by atoms with van der Waals surface area (Å²) in [6.07, 6.45) is 3.83. The van der Waals surface area contributed by atoms with E-state index in [4.69, 9.17) is 33.2 Å². The molecule has 0 amide bonds. The van der Waals surface area contributed by atoms with Crippen LogP contribution in [0.2, 0.25) is 10.0 Å². The van der Waals surface area contributed by atoms with Gasteiger partial charge >= 0.3 is 0 Å². The molecule has 1 aromatic heterocycles. The van der Waals surface area contributed by atoms with E-state index in [9.17, 15) is 0 Å². The maximum atomic E-state index is 6.27. The van der Waals surface area contributed by atoms with Crippen LogP contribution in [0, 0.1) is 0 Å². The first-order chi connectivity index (χ1) is 12.7. The zero-order valence-corrected chi connectivity index (χ0v) is 15.2. The summed E-state index contributed by atoms with van der Waals surface area (Å²) in [6.45, 7) is 0. The normalized spacial score (nSPS) is 11.3. The van der Waals surface area contributed by atoms with Gasteiger partial charge in [0, 0.05) is 26.6 Å². The molecule has 126 valence electrons. The Hall–Kier alpha value is -2.68. The molecule has 4 heteroatoms. The van der Waals surface area contributed by atoms with Gasteiger partial charge < -0.3 is 0 Å². The number of para-hydroxylation sites is 1. The van der Waals surface area contributed by atoms with Crippen LogP contribution in [-0.4, -0.2) is 9.97 Å². The molecule has 0 unspecified atom stereocenters. The van der Waals surface area contributed by atoms with E-state index in [0.717, 1.165) is 27.7 Å². The zero-order chi connectivity index (χ0) is 17.9. The average Bonchev–Trinajstić information content (AvgIpc) is 2.68. The molecule has 0 saturated heterocycles. The second-order valence-electron chi connectivity index (χ2n) is 5.78. The van der Waals surface area contributed by atoms with E-state index in [0.29, 0.717) is 15.9 Å². The van der Waals surface area contributed by atoms with Gasteiger partial charge in [-0.15, -0.1) is 0 Å². The van der Waals surface area contributed by atoms with Crippen molar-refractivity contribution in [3.8, 4) is 11.4 Å². The minimum absolute atomic E-state index is 0.607. The van der Waals surface area contributed by atoms with Gasteiger partial charge in [0.25, 0.3) is 0 Å². The van der Waals surface area contributed by atoms with E-state index < -0.39 is 0 Å². The largest absolute Gasteiger partial charge is 0.228 e. The fourth-order valence-corrected chi connectivity index (χ4v) is 3.30. The lowest BCUT2D eigenvalue weighted by atomic mass is 10.1. The van der Waals surface area contributed by atoms with E-state index in [1.165, 1.54) is 0 Å². The van der Waals surface area contributed by atoms with Gasteiger partial charge in [-0.05, 0) is 30.4 Å². The smallest absolute Gasteiger partial charge is 0.160 e. The Bertz CT molecular complexity index is 1090. The second-order valence-corrected chi connectivity index (χ2v) is 6.60. The summed E-state index contributed by atoms with van der Waals surface area (Å²) in [7, 11) is 0. The highest BCUT2D eigenvalue weighted by atomic mass is 35.5. The lowest BCUT2D eigenvalue weighted by Gasteiger charge is -2.07. The molecule has 0 atom stereocenters. The van der Waals surface area contributed by atoms with Gasteiger partial charge in [-0.3, -0.25) is 0 Å². The highest BCUT2D eigenvalue weighted by Crippen LogP contribution is 2.28. The Morgan fingerprint density at radius 1 is 0.654 bits per heavy atom. The molecule has 0 N–H and O–H groups in total. The number of hydrogen-bond acceptors (Lipinski definition) is 2. The van der Waals surface area contributed by atoms with Gasteiger partial charge in [0.1, 0.15) is 0 Å². The summed E-state index contributed by atoms with van der Waals surface area (Å²) < 4.78 is 0. The van der Waals surface area contributed by atoms with Gasteiger partial charge in [0.05, 0.1) is 11.2 Å². The third kappa shape index (κ3) is 3.34. The number of aromatic nitrogens is 2. The maximum absolute atomic E-state index is 6.27. The quantitative estimate of drug-likeness (QED) is 0.394. The maximum Gasteiger partial charge on any atom is 0.160 e. The molecule has 4 rings (SSSR count). The van der Waals surface area contributed by atoms with Gasteiger partial charge in [-0.2, -0.15) is 0 Å². The molecular formula is C22H14Cl2N2. The number of rotatable bonds is 3. The summed E-state index contributed by atoms with van der Waals surface area (Å²) in [5.41, 5.74) is 3.47. The number of hydrogen-bond donors (Lipinski definition) is 0. The van der Waals surface area contributed by atoms with Crippen LogP contribution in [-0.2, 0) is 0 Å². The molecule has 0 saturated carbocycles. The molecule has 3 aromatic carbocycles. The van der Waals surface area contributed by atoms with Crippen molar-refractivity contribution in [2.45, 2.75) is 0 Å². The second kappa shape index (κ2) is 7.28.